The normalized spacial score (nSPS) is 17.7. The van der Waals surface area contributed by atoms with E-state index in [4.69, 9.17) is 9.47 Å². The van der Waals surface area contributed by atoms with Crippen molar-refractivity contribution in [1.82, 2.24) is 0 Å². The van der Waals surface area contributed by atoms with E-state index in [-0.39, 0.29) is 12.3 Å². The summed E-state index contributed by atoms with van der Waals surface area (Å²) in [6, 6.07) is 3.24. The summed E-state index contributed by atoms with van der Waals surface area (Å²) in [5, 5.41) is 11.8. The number of carbonyl (C=O) groups is 2. The zero-order valence-corrected chi connectivity index (χ0v) is 10.0. The Labute approximate surface area is 104 Å². The number of rotatable bonds is 3. The molecule has 18 heavy (non-hydrogen) atoms. The number of aliphatic carboxylic acids is 1. The van der Waals surface area contributed by atoms with Crippen molar-refractivity contribution in [2.24, 2.45) is 0 Å². The highest BCUT2D eigenvalue weighted by molar-refractivity contribution is 6.00. The molecule has 1 aromatic rings. The summed E-state index contributed by atoms with van der Waals surface area (Å²) in [7, 11) is 2.91. The number of ether oxygens (including phenoxy) is 2. The summed E-state index contributed by atoms with van der Waals surface area (Å²) in [6.07, 6.45) is -0.105. The van der Waals surface area contributed by atoms with E-state index in [0.717, 1.165) is 0 Å². The van der Waals surface area contributed by atoms with Gasteiger partial charge in [-0.1, -0.05) is 0 Å². The number of methoxy groups -OCH3 is 2. The first-order valence-electron chi connectivity index (χ1n) is 5.36. The number of carboxylic acid groups (broad SMARTS) is 1. The van der Waals surface area contributed by atoms with Crippen molar-refractivity contribution in [3.8, 4) is 11.5 Å². The van der Waals surface area contributed by atoms with Crippen LogP contribution in [0.25, 0.3) is 0 Å². The number of hydrogen-bond acceptors (Lipinski definition) is 4. The third kappa shape index (κ3) is 1.85. The third-order valence-electron chi connectivity index (χ3n) is 2.89. The van der Waals surface area contributed by atoms with E-state index in [2.05, 4.69) is 5.32 Å². The Morgan fingerprint density at radius 3 is 2.67 bits per heavy atom. The molecule has 96 valence electrons. The number of nitrogens with one attached hydrogen (secondary N) is 1. The minimum Gasteiger partial charge on any atom is -0.493 e. The van der Waals surface area contributed by atoms with Crippen molar-refractivity contribution >= 4 is 17.6 Å². The molecule has 0 saturated heterocycles. The van der Waals surface area contributed by atoms with Crippen molar-refractivity contribution < 1.29 is 24.2 Å². The number of fused-ring (bicyclic) bond motifs is 1. The molecule has 1 aliphatic rings. The van der Waals surface area contributed by atoms with Crippen LogP contribution in [-0.2, 0) is 9.59 Å². The van der Waals surface area contributed by atoms with Gasteiger partial charge in [0, 0.05) is 17.7 Å². The average Bonchev–Trinajstić information content (AvgIpc) is 2.35. The van der Waals surface area contributed by atoms with E-state index >= 15 is 0 Å². The quantitative estimate of drug-likeness (QED) is 0.843. The highest BCUT2D eigenvalue weighted by Gasteiger charge is 2.34. The SMILES string of the molecule is COc1ccc2c(c1OC)C(C(=O)O)CC(=O)N2. The minimum atomic E-state index is -1.06. The molecule has 1 aliphatic heterocycles. The Kier molecular flexibility index (Phi) is 3.10. The molecule has 0 fully saturated rings. The second-order valence-electron chi connectivity index (χ2n) is 3.91. The minimum absolute atomic E-state index is 0.105. The van der Waals surface area contributed by atoms with Crippen molar-refractivity contribution in [1.29, 1.82) is 0 Å². The van der Waals surface area contributed by atoms with Gasteiger partial charge in [-0.25, -0.2) is 0 Å². The highest BCUT2D eigenvalue weighted by Crippen LogP contribution is 2.44. The Morgan fingerprint density at radius 2 is 2.11 bits per heavy atom. The van der Waals surface area contributed by atoms with E-state index in [9.17, 15) is 14.7 Å². The second-order valence-corrected chi connectivity index (χ2v) is 3.91. The lowest BCUT2D eigenvalue weighted by Gasteiger charge is -2.25. The molecule has 0 aliphatic carbocycles. The predicted octanol–water partition coefficient (Wildman–Crippen LogP) is 1.21. The van der Waals surface area contributed by atoms with E-state index in [0.29, 0.717) is 22.7 Å². The molecule has 1 heterocycles. The number of anilines is 1. The number of carboxylic acids is 1. The second kappa shape index (κ2) is 4.56. The zero-order valence-electron chi connectivity index (χ0n) is 10.0. The molecule has 6 nitrogen and oxygen atoms in total. The van der Waals surface area contributed by atoms with Crippen molar-refractivity contribution in [3.05, 3.63) is 17.7 Å². The molecule has 2 rings (SSSR count). The summed E-state index contributed by atoms with van der Waals surface area (Å²) in [4.78, 5) is 22.7. The maximum atomic E-state index is 11.4. The highest BCUT2D eigenvalue weighted by atomic mass is 16.5. The van der Waals surface area contributed by atoms with Gasteiger partial charge in [-0.15, -0.1) is 0 Å². The van der Waals surface area contributed by atoms with Gasteiger partial charge in [0.25, 0.3) is 0 Å². The Balaban J connectivity index is 2.64. The molecule has 0 spiro atoms. The van der Waals surface area contributed by atoms with Crippen molar-refractivity contribution in [3.63, 3.8) is 0 Å². The maximum Gasteiger partial charge on any atom is 0.311 e. The fourth-order valence-corrected chi connectivity index (χ4v) is 2.11. The topological polar surface area (TPSA) is 84.9 Å². The lowest BCUT2D eigenvalue weighted by atomic mass is 9.89. The molecular weight excluding hydrogens is 238 g/mol. The van der Waals surface area contributed by atoms with Crippen LogP contribution in [-0.4, -0.2) is 31.2 Å². The molecule has 0 saturated carbocycles. The number of benzene rings is 1. The fourth-order valence-electron chi connectivity index (χ4n) is 2.11. The summed E-state index contributed by atoms with van der Waals surface area (Å²) in [5.74, 6) is -1.50. The summed E-state index contributed by atoms with van der Waals surface area (Å²) >= 11 is 0. The van der Waals surface area contributed by atoms with Gasteiger partial charge in [-0.2, -0.15) is 0 Å². The molecule has 2 N–H and O–H groups in total. The van der Waals surface area contributed by atoms with Gasteiger partial charge in [-0.05, 0) is 12.1 Å². The predicted molar refractivity (Wildman–Crippen MR) is 63.2 cm³/mol. The van der Waals surface area contributed by atoms with E-state index in [1.54, 1.807) is 12.1 Å². The molecular formula is C12H13NO5. The van der Waals surface area contributed by atoms with Gasteiger partial charge in [0.2, 0.25) is 5.91 Å². The first kappa shape index (κ1) is 12.2. The van der Waals surface area contributed by atoms with Crippen LogP contribution in [0.15, 0.2) is 12.1 Å². The molecule has 0 aromatic heterocycles. The molecule has 0 radical (unpaired) electrons. The number of hydrogen-bond donors (Lipinski definition) is 2. The number of carbonyl (C=O) groups excluding carboxylic acids is 1. The lowest BCUT2D eigenvalue weighted by molar-refractivity contribution is -0.140. The largest absolute Gasteiger partial charge is 0.493 e. The van der Waals surface area contributed by atoms with Crippen LogP contribution in [0.3, 0.4) is 0 Å². The van der Waals surface area contributed by atoms with Crippen LogP contribution in [0, 0.1) is 0 Å². The van der Waals surface area contributed by atoms with Gasteiger partial charge in [0.15, 0.2) is 11.5 Å². The van der Waals surface area contributed by atoms with Crippen LogP contribution in [0.5, 0.6) is 11.5 Å². The van der Waals surface area contributed by atoms with Crippen LogP contribution < -0.4 is 14.8 Å². The monoisotopic (exact) mass is 251 g/mol. The maximum absolute atomic E-state index is 11.4. The van der Waals surface area contributed by atoms with Gasteiger partial charge < -0.3 is 19.9 Å². The number of amides is 1. The van der Waals surface area contributed by atoms with Crippen molar-refractivity contribution in [2.45, 2.75) is 12.3 Å². The Hall–Kier alpha value is -2.24. The van der Waals surface area contributed by atoms with Gasteiger partial charge in [-0.3, -0.25) is 9.59 Å². The standard InChI is InChI=1S/C12H13NO5/c1-17-8-4-3-7-10(11(8)18-2)6(12(15)16)5-9(14)13-7/h3-4,6H,5H2,1-2H3,(H,13,14)(H,15,16). The average molecular weight is 251 g/mol. The zero-order chi connectivity index (χ0) is 13.3. The summed E-state index contributed by atoms with van der Waals surface area (Å²) in [5.41, 5.74) is 0.903. The first-order chi connectivity index (χ1) is 8.58. The van der Waals surface area contributed by atoms with Crippen molar-refractivity contribution in [2.75, 3.05) is 19.5 Å². The van der Waals surface area contributed by atoms with E-state index in [1.165, 1.54) is 14.2 Å². The Bertz CT molecular complexity index is 511. The molecule has 1 amide bonds. The summed E-state index contributed by atoms with van der Waals surface area (Å²) in [6.45, 7) is 0. The Morgan fingerprint density at radius 1 is 1.39 bits per heavy atom. The van der Waals surface area contributed by atoms with Crippen LogP contribution >= 0.6 is 0 Å². The van der Waals surface area contributed by atoms with Crippen LogP contribution in [0.4, 0.5) is 5.69 Å². The first-order valence-corrected chi connectivity index (χ1v) is 5.36. The molecule has 1 unspecified atom stereocenters. The van der Waals surface area contributed by atoms with Gasteiger partial charge in [0.1, 0.15) is 0 Å². The lowest BCUT2D eigenvalue weighted by Crippen LogP contribution is -2.27. The van der Waals surface area contributed by atoms with E-state index < -0.39 is 11.9 Å². The van der Waals surface area contributed by atoms with Gasteiger partial charge >= 0.3 is 5.97 Å². The molecule has 1 aromatic carbocycles. The third-order valence-corrected chi connectivity index (χ3v) is 2.89. The van der Waals surface area contributed by atoms with Crippen LogP contribution in [0.1, 0.15) is 17.9 Å². The smallest absolute Gasteiger partial charge is 0.311 e. The van der Waals surface area contributed by atoms with Crippen LogP contribution in [0.2, 0.25) is 0 Å². The molecule has 1 atom stereocenters. The molecule has 0 bridgehead atoms. The fraction of sp³-hybridized carbons (Fsp3) is 0.333. The van der Waals surface area contributed by atoms with Gasteiger partial charge in [0.05, 0.1) is 20.1 Å². The summed E-state index contributed by atoms with van der Waals surface area (Å²) < 4.78 is 10.3. The molecule has 6 heteroatoms. The van der Waals surface area contributed by atoms with E-state index in [1.807, 2.05) is 0 Å².